The third-order valence-electron chi connectivity index (χ3n) is 6.58. The van der Waals surface area contributed by atoms with Crippen molar-refractivity contribution in [3.05, 3.63) is 29.8 Å². The van der Waals surface area contributed by atoms with Crippen molar-refractivity contribution in [1.82, 2.24) is 0 Å². The predicted molar refractivity (Wildman–Crippen MR) is 143 cm³/mol. The van der Waals surface area contributed by atoms with Gasteiger partial charge in [0.15, 0.2) is 5.78 Å². The van der Waals surface area contributed by atoms with Gasteiger partial charge in [-0.1, -0.05) is 122 Å². The fourth-order valence-electron chi connectivity index (χ4n) is 4.38. The number of hydrogen-bond donors (Lipinski definition) is 1. The summed E-state index contributed by atoms with van der Waals surface area (Å²) in [5.74, 6) is 0.111. The fraction of sp³-hybridized carbons (Fsp3) is 0.733. The van der Waals surface area contributed by atoms with E-state index in [9.17, 15) is 9.59 Å². The molecule has 0 aliphatic rings. The average Bonchev–Trinajstić information content (AvgIpc) is 2.81. The number of hydrogen-bond acceptors (Lipinski definition) is 2. The molecule has 0 bridgehead atoms. The molecule has 0 aliphatic carbocycles. The van der Waals surface area contributed by atoms with Crippen LogP contribution in [0.15, 0.2) is 24.3 Å². The summed E-state index contributed by atoms with van der Waals surface area (Å²) >= 11 is 0. The molecule has 0 spiro atoms. The number of rotatable bonds is 22. The largest absolute Gasteiger partial charge is 0.326 e. The summed E-state index contributed by atoms with van der Waals surface area (Å²) in [5, 5.41) is 2.92. The number of carbonyl (C=O) groups excluding carboxylic acids is 2. The van der Waals surface area contributed by atoms with Crippen LogP contribution in [0.1, 0.15) is 153 Å². The molecule has 3 heteroatoms. The third kappa shape index (κ3) is 17.5. The molecule has 1 rings (SSSR count). The minimum atomic E-state index is 0.0435. The molecule has 0 fully saturated rings. The number of nitrogens with one attached hydrogen (secondary N) is 1. The Morgan fingerprint density at radius 1 is 0.576 bits per heavy atom. The van der Waals surface area contributed by atoms with Crippen LogP contribution >= 0.6 is 0 Å². The molecule has 0 saturated carbocycles. The van der Waals surface area contributed by atoms with Gasteiger partial charge in [-0.3, -0.25) is 9.59 Å². The van der Waals surface area contributed by atoms with Crippen LogP contribution < -0.4 is 5.32 Å². The summed E-state index contributed by atoms with van der Waals surface area (Å²) in [5.41, 5.74) is 1.44. The molecule has 0 aromatic heterocycles. The summed E-state index contributed by atoms with van der Waals surface area (Å²) in [4.78, 5) is 23.3. The van der Waals surface area contributed by atoms with Crippen LogP contribution in [0.3, 0.4) is 0 Å². The number of ketones is 1. The fourth-order valence-corrected chi connectivity index (χ4v) is 4.38. The molecule has 1 amide bonds. The maximum Gasteiger partial charge on any atom is 0.224 e. The molecular formula is C30H51NO2. The van der Waals surface area contributed by atoms with E-state index in [0.717, 1.165) is 18.5 Å². The number of amides is 1. The summed E-state index contributed by atoms with van der Waals surface area (Å²) < 4.78 is 0. The van der Waals surface area contributed by atoms with Crippen molar-refractivity contribution >= 4 is 17.4 Å². The maximum atomic E-state index is 12.0. The van der Waals surface area contributed by atoms with Crippen LogP contribution in [0.2, 0.25) is 0 Å². The van der Waals surface area contributed by atoms with Crippen molar-refractivity contribution in [3.63, 3.8) is 0 Å². The lowest BCUT2D eigenvalue weighted by Crippen LogP contribution is -2.11. The van der Waals surface area contributed by atoms with Crippen molar-refractivity contribution in [1.29, 1.82) is 0 Å². The Balaban J connectivity index is 1.80. The lowest BCUT2D eigenvalue weighted by atomic mass is 10.0. The molecule has 33 heavy (non-hydrogen) atoms. The maximum absolute atomic E-state index is 12.0. The number of Topliss-reactive ketones (excluding diaryl/α,β-unsaturated/α-hetero) is 1. The second kappa shape index (κ2) is 20.9. The van der Waals surface area contributed by atoms with Gasteiger partial charge in [-0.05, 0) is 37.6 Å². The number of anilines is 1. The molecule has 0 unspecified atom stereocenters. The van der Waals surface area contributed by atoms with Crippen LogP contribution in [0, 0.1) is 0 Å². The van der Waals surface area contributed by atoms with E-state index in [0.29, 0.717) is 12.0 Å². The standard InChI is InChI=1S/C30H51NO2/c1-3-4-5-6-7-8-9-10-11-12-13-14-15-16-17-18-19-20-21-22-30(33)31-29-25-23-28(24-26-29)27(2)32/h23-26H,3-22H2,1-2H3,(H,31,33). The van der Waals surface area contributed by atoms with Crippen LogP contribution in [-0.2, 0) is 4.79 Å². The Labute approximate surface area is 204 Å². The molecule has 0 aliphatic heterocycles. The second-order valence-corrected chi connectivity index (χ2v) is 9.80. The lowest BCUT2D eigenvalue weighted by Gasteiger charge is -2.06. The summed E-state index contributed by atoms with van der Waals surface area (Å²) in [6.45, 7) is 3.83. The van der Waals surface area contributed by atoms with Gasteiger partial charge in [-0.2, -0.15) is 0 Å². The average molecular weight is 458 g/mol. The first-order chi connectivity index (χ1) is 16.1. The molecule has 188 valence electrons. The summed E-state index contributed by atoms with van der Waals surface area (Å²) in [6.07, 6.45) is 26.4. The summed E-state index contributed by atoms with van der Waals surface area (Å²) in [6, 6.07) is 7.11. The van der Waals surface area contributed by atoms with Crippen molar-refractivity contribution in [2.45, 2.75) is 142 Å². The van der Waals surface area contributed by atoms with Crippen LogP contribution in [0.4, 0.5) is 5.69 Å². The molecule has 1 aromatic rings. The Morgan fingerprint density at radius 2 is 0.939 bits per heavy atom. The van der Waals surface area contributed by atoms with Crippen molar-refractivity contribution in [2.24, 2.45) is 0 Å². The predicted octanol–water partition coefficient (Wildman–Crippen LogP) is 9.65. The highest BCUT2D eigenvalue weighted by Gasteiger charge is 2.04. The van der Waals surface area contributed by atoms with E-state index in [1.807, 2.05) is 0 Å². The quantitative estimate of drug-likeness (QED) is 0.139. The number of unbranched alkanes of at least 4 members (excludes halogenated alkanes) is 18. The molecule has 0 saturated heterocycles. The highest BCUT2D eigenvalue weighted by Crippen LogP contribution is 2.15. The Kier molecular flexibility index (Phi) is 18.6. The van der Waals surface area contributed by atoms with Gasteiger partial charge < -0.3 is 5.32 Å². The third-order valence-corrected chi connectivity index (χ3v) is 6.58. The van der Waals surface area contributed by atoms with Crippen LogP contribution in [0.5, 0.6) is 0 Å². The van der Waals surface area contributed by atoms with E-state index in [2.05, 4.69) is 12.2 Å². The van der Waals surface area contributed by atoms with Gasteiger partial charge in [0, 0.05) is 17.7 Å². The van der Waals surface area contributed by atoms with Gasteiger partial charge >= 0.3 is 0 Å². The van der Waals surface area contributed by atoms with Gasteiger partial charge in [0.1, 0.15) is 0 Å². The lowest BCUT2D eigenvalue weighted by molar-refractivity contribution is -0.116. The van der Waals surface area contributed by atoms with Gasteiger partial charge in [0.25, 0.3) is 0 Å². The molecule has 0 radical (unpaired) electrons. The number of benzene rings is 1. The van der Waals surface area contributed by atoms with E-state index in [1.165, 1.54) is 109 Å². The van der Waals surface area contributed by atoms with Gasteiger partial charge in [-0.15, -0.1) is 0 Å². The minimum absolute atomic E-state index is 0.0435. The first-order valence-electron chi connectivity index (χ1n) is 14.0. The minimum Gasteiger partial charge on any atom is -0.326 e. The zero-order chi connectivity index (χ0) is 24.0. The van der Waals surface area contributed by atoms with Crippen LogP contribution in [0.25, 0.3) is 0 Å². The van der Waals surface area contributed by atoms with E-state index < -0.39 is 0 Å². The topological polar surface area (TPSA) is 46.2 Å². The Morgan fingerprint density at radius 3 is 1.30 bits per heavy atom. The zero-order valence-corrected chi connectivity index (χ0v) is 21.8. The van der Waals surface area contributed by atoms with Crippen molar-refractivity contribution in [3.8, 4) is 0 Å². The van der Waals surface area contributed by atoms with E-state index in [1.54, 1.807) is 31.2 Å². The first kappa shape index (κ1) is 29.4. The monoisotopic (exact) mass is 457 g/mol. The first-order valence-corrected chi connectivity index (χ1v) is 14.0. The summed E-state index contributed by atoms with van der Waals surface area (Å²) in [7, 11) is 0. The smallest absolute Gasteiger partial charge is 0.224 e. The molecule has 0 heterocycles. The SMILES string of the molecule is CCCCCCCCCCCCCCCCCCCCCC(=O)Nc1ccc(C(C)=O)cc1. The van der Waals surface area contributed by atoms with Gasteiger partial charge in [-0.25, -0.2) is 0 Å². The van der Waals surface area contributed by atoms with Gasteiger partial charge in [0.2, 0.25) is 5.91 Å². The van der Waals surface area contributed by atoms with Crippen molar-refractivity contribution in [2.75, 3.05) is 5.32 Å². The van der Waals surface area contributed by atoms with E-state index >= 15 is 0 Å². The second-order valence-electron chi connectivity index (χ2n) is 9.80. The van der Waals surface area contributed by atoms with E-state index in [4.69, 9.17) is 0 Å². The number of carbonyl (C=O) groups is 2. The van der Waals surface area contributed by atoms with Crippen LogP contribution in [-0.4, -0.2) is 11.7 Å². The highest BCUT2D eigenvalue weighted by atomic mass is 16.1. The molecular weight excluding hydrogens is 406 g/mol. The zero-order valence-electron chi connectivity index (χ0n) is 21.8. The molecule has 3 nitrogen and oxygen atoms in total. The Hall–Kier alpha value is -1.64. The molecule has 1 N–H and O–H groups in total. The van der Waals surface area contributed by atoms with E-state index in [-0.39, 0.29) is 11.7 Å². The highest BCUT2D eigenvalue weighted by molar-refractivity contribution is 5.95. The van der Waals surface area contributed by atoms with Gasteiger partial charge in [0.05, 0.1) is 0 Å². The Bertz CT molecular complexity index is 608. The normalized spacial score (nSPS) is 11.0. The molecule has 0 atom stereocenters. The van der Waals surface area contributed by atoms with Crippen molar-refractivity contribution < 1.29 is 9.59 Å². The molecule has 1 aromatic carbocycles.